The van der Waals surface area contributed by atoms with E-state index in [-0.39, 0.29) is 30.0 Å². The predicted octanol–water partition coefficient (Wildman–Crippen LogP) is -0.630. The molecule has 22 heteroatoms. The predicted molar refractivity (Wildman–Crippen MR) is 154 cm³/mol. The normalized spacial score (nSPS) is 26.7. The number of nitrogen functional groups attached to an aromatic ring is 2. The number of rotatable bonds is 12. The molecule has 0 aromatic carbocycles. The maximum atomic E-state index is 12.4. The minimum atomic E-state index is -5.19. The molecule has 44 heavy (non-hydrogen) atoms. The maximum Gasteiger partial charge on any atom is 0.481 e. The Kier molecular flexibility index (Phi) is 9.72. The van der Waals surface area contributed by atoms with Crippen LogP contribution in [0, 0.1) is 6.92 Å². The summed E-state index contributed by atoms with van der Waals surface area (Å²) >= 11 is 1.54. The van der Waals surface area contributed by atoms with Crippen molar-refractivity contribution < 1.29 is 52.1 Å². The van der Waals surface area contributed by atoms with Crippen molar-refractivity contribution in [3.05, 3.63) is 40.8 Å². The Hall–Kier alpha value is -2.58. The number of hydrogen-bond acceptors (Lipinski definition) is 16. The van der Waals surface area contributed by atoms with Crippen LogP contribution in [-0.4, -0.2) is 86.9 Å². The first-order chi connectivity index (χ1) is 20.7. The molecule has 3 aromatic rings. The van der Waals surface area contributed by atoms with Gasteiger partial charge in [0, 0.05) is 24.4 Å². The number of fused-ring (bicyclic) bond motifs is 1. The molecule has 19 nitrogen and oxygen atoms in total. The van der Waals surface area contributed by atoms with Gasteiger partial charge in [-0.1, -0.05) is 11.8 Å². The Morgan fingerprint density at radius 1 is 1.09 bits per heavy atom. The zero-order valence-corrected chi connectivity index (χ0v) is 26.1. The van der Waals surface area contributed by atoms with Gasteiger partial charge in [-0.05, 0) is 6.92 Å². The fraction of sp³-hybridized carbons (Fsp3) is 0.500. The second kappa shape index (κ2) is 13.0. The number of imidazole rings is 1. The van der Waals surface area contributed by atoms with E-state index >= 15 is 0 Å². The molecule has 0 saturated carbocycles. The highest BCUT2D eigenvalue weighted by Crippen LogP contribution is 2.60. The van der Waals surface area contributed by atoms with Crippen molar-refractivity contribution in [2.75, 3.05) is 30.6 Å². The number of anilines is 2. The lowest BCUT2D eigenvalue weighted by Crippen LogP contribution is -3.06. The Labute approximate surface area is 254 Å². The molecule has 240 valence electrons. The molecular formula is C22H32N9O10P2S+. The Morgan fingerprint density at radius 3 is 2.59 bits per heavy atom. The number of aryl methyl sites for hydroxylation is 1. The van der Waals surface area contributed by atoms with Crippen LogP contribution in [-0.2, 0) is 33.8 Å². The van der Waals surface area contributed by atoms with Gasteiger partial charge in [-0.3, -0.25) is 18.5 Å². The van der Waals surface area contributed by atoms with Crippen molar-refractivity contribution >= 4 is 50.2 Å². The van der Waals surface area contributed by atoms with Crippen LogP contribution in [0.15, 0.2) is 29.5 Å². The third kappa shape index (κ3) is 7.28. The molecule has 0 radical (unpaired) electrons. The van der Waals surface area contributed by atoms with Gasteiger partial charge in [0.2, 0.25) is 0 Å². The number of quaternary nitrogens is 1. The molecule has 0 aliphatic carbocycles. The third-order valence-corrected chi connectivity index (χ3v) is 11.0. The van der Waals surface area contributed by atoms with Gasteiger partial charge in [0.1, 0.15) is 59.9 Å². The molecular weight excluding hydrogens is 644 g/mol. The first-order valence-corrected chi connectivity index (χ1v) is 17.1. The van der Waals surface area contributed by atoms with Gasteiger partial charge >= 0.3 is 15.6 Å². The molecule has 1 fully saturated rings. The van der Waals surface area contributed by atoms with Crippen LogP contribution in [0.5, 0.6) is 0 Å². The summed E-state index contributed by atoms with van der Waals surface area (Å²) in [6.07, 6.45) is -1.26. The molecule has 2 aliphatic rings. The zero-order chi connectivity index (χ0) is 31.8. The van der Waals surface area contributed by atoms with Gasteiger partial charge in [0.05, 0.1) is 25.1 Å². The van der Waals surface area contributed by atoms with E-state index in [0.29, 0.717) is 24.1 Å². The number of aromatic nitrogens is 6. The first kappa shape index (κ1) is 32.8. The average Bonchev–Trinajstić information content (AvgIpc) is 3.61. The fourth-order valence-corrected chi connectivity index (χ4v) is 7.99. The molecule has 3 aromatic heterocycles. The van der Waals surface area contributed by atoms with E-state index in [4.69, 9.17) is 25.3 Å². The van der Waals surface area contributed by atoms with Gasteiger partial charge in [-0.25, -0.2) is 34.0 Å². The number of aliphatic hydroxyl groups is 2. The average molecular weight is 677 g/mol. The number of ether oxygens (including phenoxy) is 1. The highest BCUT2D eigenvalue weighted by atomic mass is 32.2. The summed E-state index contributed by atoms with van der Waals surface area (Å²) in [4.78, 5) is 42.4. The zero-order valence-electron chi connectivity index (χ0n) is 23.5. The van der Waals surface area contributed by atoms with Crippen molar-refractivity contribution in [2.45, 2.75) is 51.4 Å². The van der Waals surface area contributed by atoms with E-state index in [2.05, 4.69) is 29.2 Å². The Balaban J connectivity index is 1.11. The molecule has 0 amide bonds. The van der Waals surface area contributed by atoms with E-state index in [0.717, 1.165) is 21.1 Å². The lowest BCUT2D eigenvalue weighted by Gasteiger charge is -2.19. The highest BCUT2D eigenvalue weighted by Gasteiger charge is 2.46. The van der Waals surface area contributed by atoms with Gasteiger partial charge in [-0.15, -0.1) is 0 Å². The molecule has 5 heterocycles. The van der Waals surface area contributed by atoms with Crippen molar-refractivity contribution in [1.29, 1.82) is 0 Å². The second-order valence-electron chi connectivity index (χ2n) is 9.97. The quantitative estimate of drug-likeness (QED) is 0.118. The fourth-order valence-electron chi connectivity index (χ4n) is 4.66. The summed E-state index contributed by atoms with van der Waals surface area (Å²) in [6.45, 7) is 3.15. The Morgan fingerprint density at radius 2 is 1.84 bits per heavy atom. The lowest BCUT2D eigenvalue weighted by atomic mass is 10.1. The van der Waals surface area contributed by atoms with Crippen molar-refractivity contribution in [3.8, 4) is 0 Å². The van der Waals surface area contributed by atoms with E-state index in [9.17, 15) is 29.1 Å². The summed E-state index contributed by atoms with van der Waals surface area (Å²) in [5.41, 5.74) is 14.0. The number of hydrogen-bond donors (Lipinski definition) is 7. The number of aliphatic hydroxyl groups excluding tert-OH is 2. The number of nitrogens with one attached hydrogen (secondary N) is 1. The number of allylic oxidation sites excluding steroid dienone is 1. The standard InChI is InChI=1S/C22H31N9O10P2S/c1-11-15(44-10-30(11)6-13-5-25-12(2)29-19(13)23)3-4-38-42(34,35)41-43(36,37)39-7-14-17(32)18(33)22(40-14)31-9-28-16-20(24)26-8-27-21(16)31/h5,8-9,14,17-18,22,32-33H,3-4,6-7,10H2,1-2H3,(H,34,35)(H,36,37)(H2,23,25,29)(H2,24,26,27)/p+1. The van der Waals surface area contributed by atoms with Crippen LogP contribution in [0.3, 0.4) is 0 Å². The maximum absolute atomic E-state index is 12.4. The number of nitrogens with two attached hydrogens (primary N) is 2. The molecule has 9 N–H and O–H groups in total. The number of thioether (sulfide) groups is 1. The van der Waals surface area contributed by atoms with Crippen molar-refractivity contribution in [1.82, 2.24) is 29.5 Å². The minimum absolute atomic E-state index is 0.0897. The van der Waals surface area contributed by atoms with E-state index in [1.165, 1.54) is 29.0 Å². The van der Waals surface area contributed by atoms with Gasteiger partial charge < -0.3 is 36.2 Å². The van der Waals surface area contributed by atoms with Gasteiger partial charge in [0.15, 0.2) is 17.7 Å². The SMILES string of the molecule is CC1=C(CCOP(=O)(O)OP(=O)(O)OCC2OC(n3cnc4c(N)ncnc43)C(O)C2O)SC[NH+]1Cc1cnc(C)nc1N. The lowest BCUT2D eigenvalue weighted by molar-refractivity contribution is -0.859. The van der Waals surface area contributed by atoms with Crippen LogP contribution in [0.2, 0.25) is 0 Å². The second-order valence-corrected chi connectivity index (χ2v) is 14.1. The minimum Gasteiger partial charge on any atom is -0.387 e. The van der Waals surface area contributed by atoms with Crippen LogP contribution in [0.1, 0.15) is 31.0 Å². The number of nitrogens with zero attached hydrogens (tertiary/aromatic N) is 6. The molecule has 0 bridgehead atoms. The molecule has 2 aliphatic heterocycles. The summed E-state index contributed by atoms with van der Waals surface area (Å²) in [6, 6.07) is 0. The summed E-state index contributed by atoms with van der Waals surface area (Å²) in [5, 5.41) is 21.0. The summed E-state index contributed by atoms with van der Waals surface area (Å²) in [5.74, 6) is 1.76. The largest absolute Gasteiger partial charge is 0.481 e. The van der Waals surface area contributed by atoms with E-state index in [1.54, 1.807) is 13.1 Å². The Bertz CT molecular complexity index is 1660. The van der Waals surface area contributed by atoms with E-state index < -0.39 is 46.8 Å². The number of phosphoric acid groups is 2. The van der Waals surface area contributed by atoms with Crippen LogP contribution in [0.25, 0.3) is 11.2 Å². The van der Waals surface area contributed by atoms with Crippen LogP contribution in [0.4, 0.5) is 11.6 Å². The van der Waals surface area contributed by atoms with Crippen LogP contribution < -0.4 is 16.4 Å². The number of phosphoric ester groups is 2. The highest BCUT2D eigenvalue weighted by molar-refractivity contribution is 8.03. The third-order valence-electron chi connectivity index (χ3n) is 6.98. The topological polar surface area (TPSA) is 278 Å². The first-order valence-electron chi connectivity index (χ1n) is 13.1. The summed E-state index contributed by atoms with van der Waals surface area (Å²) < 4.78 is 45.9. The summed E-state index contributed by atoms with van der Waals surface area (Å²) in [7, 11) is -10.2. The monoisotopic (exact) mass is 676 g/mol. The van der Waals surface area contributed by atoms with Crippen molar-refractivity contribution in [2.24, 2.45) is 0 Å². The van der Waals surface area contributed by atoms with E-state index in [1.807, 2.05) is 6.92 Å². The molecule has 7 unspecified atom stereocenters. The molecule has 7 atom stereocenters. The molecule has 5 rings (SSSR count). The van der Waals surface area contributed by atoms with Gasteiger partial charge in [-0.2, -0.15) is 4.31 Å². The molecule has 1 saturated heterocycles. The van der Waals surface area contributed by atoms with Crippen LogP contribution >= 0.6 is 27.4 Å². The van der Waals surface area contributed by atoms with Crippen molar-refractivity contribution in [3.63, 3.8) is 0 Å². The van der Waals surface area contributed by atoms with Gasteiger partial charge in [0.25, 0.3) is 0 Å². The molecule has 0 spiro atoms. The smallest absolute Gasteiger partial charge is 0.387 e.